The molecule has 0 fully saturated rings. The summed E-state index contributed by atoms with van der Waals surface area (Å²) in [6, 6.07) is 15.5. The van der Waals surface area contributed by atoms with Gasteiger partial charge in [-0.05, 0) is 49.1 Å². The molecule has 0 radical (unpaired) electrons. The van der Waals surface area contributed by atoms with Gasteiger partial charge in [0.15, 0.2) is 0 Å². The van der Waals surface area contributed by atoms with Crippen LogP contribution in [0, 0.1) is 18.7 Å². The van der Waals surface area contributed by atoms with Crippen LogP contribution in [0.5, 0.6) is 5.75 Å². The standard InChI is InChI=1S/C28H30FN3O5S2/c1-19(2)15-24-17-25(21-9-10-22(26(29)16-21)18-31-12-11-30-20(31)3)27(38-24)32(39(34)35)28(33)37-14-13-36-23-7-5-4-6-8-23/h4-12,16-17,19H,13-15,18H2,1-3H3,(H,34,35)/p-1. The minimum atomic E-state index is -2.97. The smallest absolute Gasteiger partial charge is 0.426 e. The van der Waals surface area contributed by atoms with E-state index >= 15 is 4.39 Å². The molecular weight excluding hydrogens is 541 g/mol. The van der Waals surface area contributed by atoms with Gasteiger partial charge in [-0.2, -0.15) is 4.31 Å². The minimum Gasteiger partial charge on any atom is -0.755 e. The lowest BCUT2D eigenvalue weighted by molar-refractivity contribution is 0.134. The van der Waals surface area contributed by atoms with E-state index < -0.39 is 23.2 Å². The molecular formula is C28H29FN3O5S2-. The molecule has 0 N–H and O–H groups in total. The molecule has 39 heavy (non-hydrogen) atoms. The Morgan fingerprint density at radius 1 is 1.18 bits per heavy atom. The summed E-state index contributed by atoms with van der Waals surface area (Å²) in [5.41, 5.74) is 1.35. The molecule has 0 saturated heterocycles. The van der Waals surface area contributed by atoms with E-state index in [2.05, 4.69) is 4.98 Å². The molecule has 8 nitrogen and oxygen atoms in total. The predicted octanol–water partition coefficient (Wildman–Crippen LogP) is 6.12. The number of carbonyl (C=O) groups is 1. The number of amides is 1. The lowest BCUT2D eigenvalue weighted by atomic mass is 10.0. The van der Waals surface area contributed by atoms with Crippen LogP contribution in [0.3, 0.4) is 0 Å². The molecule has 4 rings (SSSR count). The van der Waals surface area contributed by atoms with Crippen LogP contribution in [-0.2, 0) is 29.0 Å². The van der Waals surface area contributed by atoms with Gasteiger partial charge in [-0.15, -0.1) is 11.3 Å². The number of halogens is 1. The van der Waals surface area contributed by atoms with Gasteiger partial charge in [0.1, 0.15) is 35.6 Å². The zero-order chi connectivity index (χ0) is 27.9. The Morgan fingerprint density at radius 2 is 1.95 bits per heavy atom. The normalized spacial score (nSPS) is 11.9. The van der Waals surface area contributed by atoms with Gasteiger partial charge in [-0.25, -0.2) is 14.2 Å². The summed E-state index contributed by atoms with van der Waals surface area (Å²) in [5.74, 6) is 1.21. The monoisotopic (exact) mass is 570 g/mol. The topological polar surface area (TPSA) is 96.7 Å². The van der Waals surface area contributed by atoms with E-state index in [1.165, 1.54) is 17.4 Å². The first-order valence-electron chi connectivity index (χ1n) is 12.4. The lowest BCUT2D eigenvalue weighted by Crippen LogP contribution is -2.33. The minimum absolute atomic E-state index is 0.0496. The van der Waals surface area contributed by atoms with E-state index in [-0.39, 0.29) is 24.1 Å². The van der Waals surface area contributed by atoms with Crippen LogP contribution in [0.15, 0.2) is 67.0 Å². The van der Waals surface area contributed by atoms with Crippen molar-refractivity contribution in [3.8, 4) is 16.9 Å². The number of carbonyl (C=O) groups excluding carboxylic acids is 1. The van der Waals surface area contributed by atoms with E-state index in [4.69, 9.17) is 9.47 Å². The van der Waals surface area contributed by atoms with E-state index in [1.807, 2.05) is 43.5 Å². The van der Waals surface area contributed by atoms with Crippen molar-refractivity contribution < 1.29 is 27.4 Å². The van der Waals surface area contributed by atoms with Crippen LogP contribution in [-0.4, -0.2) is 37.6 Å². The number of anilines is 1. The van der Waals surface area contributed by atoms with Crippen LogP contribution in [0.4, 0.5) is 14.2 Å². The molecule has 0 saturated carbocycles. The van der Waals surface area contributed by atoms with E-state index in [1.54, 1.807) is 42.7 Å². The van der Waals surface area contributed by atoms with Crippen LogP contribution >= 0.6 is 11.3 Å². The molecule has 4 aromatic rings. The first-order chi connectivity index (χ1) is 18.7. The average molecular weight is 571 g/mol. The largest absolute Gasteiger partial charge is 0.755 e. The maximum Gasteiger partial charge on any atom is 0.426 e. The molecule has 2 heterocycles. The lowest BCUT2D eigenvalue weighted by Gasteiger charge is -2.23. The van der Waals surface area contributed by atoms with E-state index in [0.717, 1.165) is 10.7 Å². The second-order valence-electron chi connectivity index (χ2n) is 9.23. The van der Waals surface area contributed by atoms with Gasteiger partial charge in [0, 0.05) is 28.4 Å². The summed E-state index contributed by atoms with van der Waals surface area (Å²) in [7, 11) is 0. The van der Waals surface area contributed by atoms with Gasteiger partial charge in [0.05, 0.1) is 17.8 Å². The highest BCUT2D eigenvalue weighted by molar-refractivity contribution is 7.81. The van der Waals surface area contributed by atoms with Gasteiger partial charge in [-0.3, -0.25) is 4.21 Å². The van der Waals surface area contributed by atoms with Crippen molar-refractivity contribution >= 4 is 33.7 Å². The van der Waals surface area contributed by atoms with Crippen LogP contribution in [0.2, 0.25) is 0 Å². The van der Waals surface area contributed by atoms with Gasteiger partial charge in [0.2, 0.25) is 0 Å². The van der Waals surface area contributed by atoms with E-state index in [9.17, 15) is 13.6 Å². The Morgan fingerprint density at radius 3 is 2.59 bits per heavy atom. The zero-order valence-corrected chi connectivity index (χ0v) is 23.5. The van der Waals surface area contributed by atoms with Gasteiger partial charge in [0.25, 0.3) is 0 Å². The molecule has 2 aromatic heterocycles. The molecule has 1 amide bonds. The Kier molecular flexibility index (Phi) is 9.50. The van der Waals surface area contributed by atoms with Crippen molar-refractivity contribution in [2.24, 2.45) is 5.92 Å². The molecule has 2 aromatic carbocycles. The number of para-hydroxylation sites is 1. The number of nitrogens with zero attached hydrogens (tertiary/aromatic N) is 3. The third kappa shape index (κ3) is 7.31. The molecule has 0 aliphatic heterocycles. The quantitative estimate of drug-likeness (QED) is 0.159. The van der Waals surface area contributed by atoms with Crippen molar-refractivity contribution in [1.29, 1.82) is 0 Å². The number of hydrogen-bond acceptors (Lipinski definition) is 7. The highest BCUT2D eigenvalue weighted by atomic mass is 32.2. The number of rotatable bonds is 11. The molecule has 0 aliphatic rings. The van der Waals surface area contributed by atoms with Gasteiger partial charge >= 0.3 is 6.09 Å². The summed E-state index contributed by atoms with van der Waals surface area (Å²) in [5, 5.41) is 0.144. The molecule has 11 heteroatoms. The maximum atomic E-state index is 15.2. The Balaban J connectivity index is 1.58. The second kappa shape index (κ2) is 13.0. The third-order valence-corrected chi connectivity index (χ3v) is 7.71. The van der Waals surface area contributed by atoms with Crippen molar-refractivity contribution in [2.45, 2.75) is 33.7 Å². The average Bonchev–Trinajstić information content (AvgIpc) is 3.49. The third-order valence-electron chi connectivity index (χ3n) is 5.82. The number of imidazole rings is 1. The zero-order valence-electron chi connectivity index (χ0n) is 21.8. The van der Waals surface area contributed by atoms with Gasteiger partial charge in [-0.1, -0.05) is 44.2 Å². The SMILES string of the molecule is Cc1nccn1Cc1ccc(-c2cc(CC(C)C)sc2N(C(=O)OCCOc2ccccc2)S(=O)[O-])cc1F. The molecule has 1 unspecified atom stereocenters. The van der Waals surface area contributed by atoms with Gasteiger partial charge < -0.3 is 18.6 Å². The summed E-state index contributed by atoms with van der Waals surface area (Å²) < 4.78 is 52.9. The van der Waals surface area contributed by atoms with Crippen molar-refractivity contribution in [3.63, 3.8) is 0 Å². The van der Waals surface area contributed by atoms with Crippen LogP contribution in [0.1, 0.15) is 30.1 Å². The van der Waals surface area contributed by atoms with Crippen LogP contribution < -0.4 is 9.04 Å². The predicted molar refractivity (Wildman–Crippen MR) is 149 cm³/mol. The fourth-order valence-electron chi connectivity index (χ4n) is 3.96. The molecule has 1 atom stereocenters. The highest BCUT2D eigenvalue weighted by Gasteiger charge is 2.26. The first kappa shape index (κ1) is 28.5. The summed E-state index contributed by atoms with van der Waals surface area (Å²) in [4.78, 5) is 18.0. The second-order valence-corrected chi connectivity index (χ2v) is 11.1. The number of aromatic nitrogens is 2. The van der Waals surface area contributed by atoms with Crippen LogP contribution in [0.25, 0.3) is 11.1 Å². The Labute approximate surface area is 233 Å². The number of ether oxygens (including phenoxy) is 2. The maximum absolute atomic E-state index is 15.2. The summed E-state index contributed by atoms with van der Waals surface area (Å²) >= 11 is -1.80. The summed E-state index contributed by atoms with van der Waals surface area (Å²) in [6.45, 7) is 6.12. The fraction of sp³-hybridized carbons (Fsp3) is 0.286. The summed E-state index contributed by atoms with van der Waals surface area (Å²) in [6.07, 6.45) is 3.03. The number of hydrogen-bond donors (Lipinski definition) is 0. The number of aryl methyl sites for hydroxylation is 1. The fourth-order valence-corrected chi connectivity index (χ4v) is 5.95. The van der Waals surface area contributed by atoms with E-state index in [0.29, 0.717) is 39.7 Å². The molecule has 0 spiro atoms. The highest BCUT2D eigenvalue weighted by Crippen LogP contribution is 2.41. The Bertz CT molecular complexity index is 1440. The molecule has 0 bridgehead atoms. The number of thiophene rings is 1. The molecule has 206 valence electrons. The van der Waals surface area contributed by atoms with Crippen molar-refractivity contribution in [2.75, 3.05) is 17.5 Å². The number of benzene rings is 2. The Hall–Kier alpha value is -3.54. The van der Waals surface area contributed by atoms with Crippen molar-refractivity contribution in [3.05, 3.63) is 89.1 Å². The first-order valence-corrected chi connectivity index (χ1v) is 14.2. The molecule has 0 aliphatic carbocycles. The van der Waals surface area contributed by atoms with Crippen molar-refractivity contribution in [1.82, 2.24) is 9.55 Å².